The third kappa shape index (κ3) is 3.40. The maximum atomic E-state index is 11.8. The minimum absolute atomic E-state index is 0.0859. The molecular weight excluding hydrogens is 294 g/mol. The van der Waals surface area contributed by atoms with Gasteiger partial charge in [0, 0.05) is 12.6 Å². The SMILES string of the molecule is C[C@H](N(C)C[C]1[CH][CH][CH][CH]1)C(O)(c1ccccc1)c1ccccc1. The Balaban J connectivity index is 1.92. The van der Waals surface area contributed by atoms with Crippen LogP contribution >= 0.6 is 0 Å². The largest absolute Gasteiger partial charge is 0.379 e. The van der Waals surface area contributed by atoms with Crippen LogP contribution in [0.2, 0.25) is 0 Å². The minimum Gasteiger partial charge on any atom is -0.379 e. The summed E-state index contributed by atoms with van der Waals surface area (Å²) in [6.45, 7) is 2.89. The van der Waals surface area contributed by atoms with Crippen molar-refractivity contribution < 1.29 is 5.11 Å². The third-order valence-electron chi connectivity index (χ3n) is 4.86. The van der Waals surface area contributed by atoms with Crippen LogP contribution in [0.4, 0.5) is 0 Å². The second kappa shape index (κ2) is 7.50. The van der Waals surface area contributed by atoms with Gasteiger partial charge in [0.15, 0.2) is 0 Å². The number of nitrogens with zero attached hydrogens (tertiary/aromatic N) is 1. The molecule has 0 spiro atoms. The average molecular weight is 318 g/mol. The van der Waals surface area contributed by atoms with E-state index >= 15 is 0 Å². The van der Waals surface area contributed by atoms with Crippen LogP contribution in [-0.4, -0.2) is 29.6 Å². The first-order valence-electron chi connectivity index (χ1n) is 8.36. The first-order valence-corrected chi connectivity index (χ1v) is 8.36. The molecule has 0 heterocycles. The van der Waals surface area contributed by atoms with E-state index in [9.17, 15) is 5.11 Å². The van der Waals surface area contributed by atoms with Gasteiger partial charge in [-0.05, 0) is 56.7 Å². The van der Waals surface area contributed by atoms with E-state index < -0.39 is 5.60 Å². The van der Waals surface area contributed by atoms with Crippen LogP contribution in [0.15, 0.2) is 60.7 Å². The number of aliphatic hydroxyl groups is 1. The summed E-state index contributed by atoms with van der Waals surface area (Å²) in [4.78, 5) is 2.20. The zero-order chi connectivity index (χ0) is 17.0. The molecule has 0 unspecified atom stereocenters. The maximum Gasteiger partial charge on any atom is 0.130 e. The van der Waals surface area contributed by atoms with Crippen LogP contribution in [0, 0.1) is 31.6 Å². The van der Waals surface area contributed by atoms with Gasteiger partial charge < -0.3 is 5.11 Å². The van der Waals surface area contributed by atoms with Crippen molar-refractivity contribution in [2.75, 3.05) is 13.6 Å². The van der Waals surface area contributed by atoms with Crippen LogP contribution in [0.5, 0.6) is 0 Å². The van der Waals surface area contributed by atoms with E-state index in [1.54, 1.807) is 0 Å². The van der Waals surface area contributed by atoms with Gasteiger partial charge in [-0.15, -0.1) is 0 Å². The standard InChI is InChI=1S/C22H24NO/c1-18(23(2)17-19-11-9-10-12-19)22(24,20-13-5-3-6-14-20)21-15-7-4-8-16-21/h3-16,18,24H,17H2,1-2H3/t18-/m0/s1. The number of hydrogen-bond acceptors (Lipinski definition) is 2. The Hall–Kier alpha value is -1.64. The Bertz CT molecular complexity index is 579. The summed E-state index contributed by atoms with van der Waals surface area (Å²) in [5, 5.41) is 11.8. The zero-order valence-corrected chi connectivity index (χ0v) is 14.3. The highest BCUT2D eigenvalue weighted by Gasteiger charge is 2.40. The van der Waals surface area contributed by atoms with Gasteiger partial charge in [-0.3, -0.25) is 4.90 Å². The number of likely N-dealkylation sites (N-methyl/N-ethyl adjacent to an activating group) is 1. The molecule has 0 aromatic heterocycles. The molecule has 1 N–H and O–H groups in total. The molecule has 0 aliphatic heterocycles. The molecule has 3 rings (SSSR count). The Morgan fingerprint density at radius 2 is 1.33 bits per heavy atom. The van der Waals surface area contributed by atoms with Crippen molar-refractivity contribution in [2.45, 2.75) is 18.6 Å². The molecule has 5 radical (unpaired) electrons. The molecule has 1 saturated carbocycles. The van der Waals surface area contributed by atoms with Crippen molar-refractivity contribution in [1.29, 1.82) is 0 Å². The predicted molar refractivity (Wildman–Crippen MR) is 98.4 cm³/mol. The normalized spacial score (nSPS) is 17.3. The van der Waals surface area contributed by atoms with Crippen LogP contribution < -0.4 is 0 Å². The molecule has 0 bridgehead atoms. The lowest BCUT2D eigenvalue weighted by Crippen LogP contribution is -2.49. The maximum absolute atomic E-state index is 11.8. The van der Waals surface area contributed by atoms with Crippen LogP contribution in [0.25, 0.3) is 0 Å². The molecule has 2 aromatic carbocycles. The molecule has 123 valence electrons. The monoisotopic (exact) mass is 318 g/mol. The predicted octanol–water partition coefficient (Wildman–Crippen LogP) is 3.65. The summed E-state index contributed by atoms with van der Waals surface area (Å²) in [7, 11) is 2.06. The molecule has 1 fully saturated rings. The highest BCUT2D eigenvalue weighted by molar-refractivity contribution is 5.39. The molecule has 0 amide bonds. The van der Waals surface area contributed by atoms with Gasteiger partial charge in [-0.2, -0.15) is 0 Å². The van der Waals surface area contributed by atoms with Crippen molar-refractivity contribution in [2.24, 2.45) is 0 Å². The third-order valence-corrected chi connectivity index (χ3v) is 4.86. The van der Waals surface area contributed by atoms with Gasteiger partial charge in [0.2, 0.25) is 0 Å². The van der Waals surface area contributed by atoms with Crippen molar-refractivity contribution in [3.63, 3.8) is 0 Å². The molecule has 1 aliphatic carbocycles. The quantitative estimate of drug-likeness (QED) is 0.879. The number of rotatable bonds is 6. The molecule has 1 aliphatic rings. The summed E-state index contributed by atoms with van der Waals surface area (Å²) in [6, 6.07) is 19.8. The van der Waals surface area contributed by atoms with E-state index in [0.717, 1.165) is 17.7 Å². The van der Waals surface area contributed by atoms with Crippen LogP contribution in [-0.2, 0) is 5.60 Å². The van der Waals surface area contributed by atoms with Gasteiger partial charge in [0.1, 0.15) is 5.60 Å². The molecule has 2 aromatic rings. The summed E-state index contributed by atoms with van der Waals surface area (Å²) in [6.07, 6.45) is 8.34. The van der Waals surface area contributed by atoms with Crippen molar-refractivity contribution in [1.82, 2.24) is 4.90 Å². The molecule has 0 saturated heterocycles. The lowest BCUT2D eigenvalue weighted by Gasteiger charge is -2.41. The summed E-state index contributed by atoms with van der Waals surface area (Å²) < 4.78 is 0. The highest BCUT2D eigenvalue weighted by Crippen LogP contribution is 2.36. The van der Waals surface area contributed by atoms with Crippen LogP contribution in [0.1, 0.15) is 18.1 Å². The van der Waals surface area contributed by atoms with E-state index in [0.29, 0.717) is 0 Å². The molecular formula is C22H24NO. The topological polar surface area (TPSA) is 23.5 Å². The summed E-state index contributed by atoms with van der Waals surface area (Å²) >= 11 is 0. The van der Waals surface area contributed by atoms with Crippen molar-refractivity contribution >= 4 is 0 Å². The number of benzene rings is 2. The zero-order valence-electron chi connectivity index (χ0n) is 14.3. The Morgan fingerprint density at radius 3 is 1.79 bits per heavy atom. The Labute approximate surface area is 146 Å². The fourth-order valence-corrected chi connectivity index (χ4v) is 3.30. The first-order chi connectivity index (χ1) is 11.6. The Morgan fingerprint density at radius 1 is 0.875 bits per heavy atom. The molecule has 24 heavy (non-hydrogen) atoms. The fraction of sp³-hybridized carbons (Fsp3) is 0.227. The average Bonchev–Trinajstić information content (AvgIpc) is 3.15. The summed E-state index contributed by atoms with van der Waals surface area (Å²) in [5.41, 5.74) is 0.764. The van der Waals surface area contributed by atoms with E-state index in [-0.39, 0.29) is 6.04 Å². The van der Waals surface area contributed by atoms with Gasteiger partial charge in [-0.25, -0.2) is 0 Å². The summed E-state index contributed by atoms with van der Waals surface area (Å²) in [5.74, 6) is 1.26. The second-order valence-electron chi connectivity index (χ2n) is 6.38. The van der Waals surface area contributed by atoms with E-state index in [1.807, 2.05) is 60.7 Å². The van der Waals surface area contributed by atoms with Crippen molar-refractivity contribution in [3.05, 3.63) is 103 Å². The van der Waals surface area contributed by atoms with E-state index in [4.69, 9.17) is 0 Å². The van der Waals surface area contributed by atoms with Gasteiger partial charge in [-0.1, -0.05) is 60.7 Å². The lowest BCUT2D eigenvalue weighted by molar-refractivity contribution is -0.00155. The molecule has 2 nitrogen and oxygen atoms in total. The molecule has 1 atom stereocenters. The molecule has 2 heteroatoms. The fourth-order valence-electron chi connectivity index (χ4n) is 3.30. The smallest absolute Gasteiger partial charge is 0.130 e. The van der Waals surface area contributed by atoms with Gasteiger partial charge in [0.25, 0.3) is 0 Å². The lowest BCUT2D eigenvalue weighted by atomic mass is 9.80. The van der Waals surface area contributed by atoms with E-state index in [2.05, 4.69) is 44.6 Å². The van der Waals surface area contributed by atoms with Gasteiger partial charge in [0.05, 0.1) is 0 Å². The van der Waals surface area contributed by atoms with Crippen LogP contribution in [0.3, 0.4) is 0 Å². The second-order valence-corrected chi connectivity index (χ2v) is 6.38. The Kier molecular flexibility index (Phi) is 5.37. The first kappa shape index (κ1) is 17.2. The van der Waals surface area contributed by atoms with Gasteiger partial charge >= 0.3 is 0 Å². The number of hydrogen-bond donors (Lipinski definition) is 1. The van der Waals surface area contributed by atoms with Crippen molar-refractivity contribution in [3.8, 4) is 0 Å². The van der Waals surface area contributed by atoms with E-state index in [1.165, 1.54) is 5.92 Å². The highest BCUT2D eigenvalue weighted by atomic mass is 16.3. The minimum atomic E-state index is -1.07.